The molecule has 0 heterocycles. The van der Waals surface area contributed by atoms with Crippen LogP contribution in [0.3, 0.4) is 0 Å². The van der Waals surface area contributed by atoms with Crippen molar-refractivity contribution in [3.8, 4) is 0 Å². The fourth-order valence-electron chi connectivity index (χ4n) is 1.19. The van der Waals surface area contributed by atoms with Gasteiger partial charge in [-0.2, -0.15) is 5.10 Å². The number of nitrogens with zero attached hydrogens (tertiary/aromatic N) is 2. The molecule has 1 aromatic rings. The Morgan fingerprint density at radius 1 is 1.56 bits per heavy atom. The third kappa shape index (κ3) is 4.71. The molecule has 0 aromatic heterocycles. The summed E-state index contributed by atoms with van der Waals surface area (Å²) in [5.41, 5.74) is 2.75. The molecule has 0 unspecified atom stereocenters. The maximum Gasteiger partial charge on any atom is 0.270 e. The number of nitrogens with one attached hydrogen (secondary N) is 1. The van der Waals surface area contributed by atoms with E-state index in [4.69, 9.17) is 5.11 Å². The molecule has 18 heavy (non-hydrogen) atoms. The van der Waals surface area contributed by atoms with Gasteiger partial charge >= 0.3 is 0 Å². The fourth-order valence-corrected chi connectivity index (χ4v) is 1.19. The van der Waals surface area contributed by atoms with Gasteiger partial charge in [-0.15, -0.1) is 0 Å². The molecule has 2 N–H and O–H groups in total. The molecule has 96 valence electrons. The molecule has 1 aromatic carbocycles. The Morgan fingerprint density at radius 2 is 2.33 bits per heavy atom. The number of carbonyl (C=O) groups is 1. The van der Waals surface area contributed by atoms with Crippen LogP contribution < -0.4 is 5.43 Å². The summed E-state index contributed by atoms with van der Waals surface area (Å²) >= 11 is 0. The normalized spacial score (nSPS) is 10.5. The number of hydrogen-bond donors (Lipinski definition) is 2. The number of aliphatic hydroxyl groups excluding tert-OH is 1. The standard InChI is InChI=1S/C11H13N3O4/c15-6-2-5-11(16)13-12-8-9-3-1-4-10(7-9)14(17)18/h1,3-4,7-8,15H,2,5-6H2,(H,13,16). The number of amides is 1. The SMILES string of the molecule is O=C(CCCO)NN=Cc1cccc([N+](=O)[O-])c1. The summed E-state index contributed by atoms with van der Waals surface area (Å²) in [5.74, 6) is -0.314. The lowest BCUT2D eigenvalue weighted by Crippen LogP contribution is -2.17. The van der Waals surface area contributed by atoms with Crippen molar-refractivity contribution in [1.82, 2.24) is 5.43 Å². The quantitative estimate of drug-likeness (QED) is 0.443. The van der Waals surface area contributed by atoms with Gasteiger partial charge in [0.2, 0.25) is 5.91 Å². The van der Waals surface area contributed by atoms with Crippen molar-refractivity contribution in [2.45, 2.75) is 12.8 Å². The van der Waals surface area contributed by atoms with E-state index in [1.807, 2.05) is 0 Å². The van der Waals surface area contributed by atoms with E-state index in [1.165, 1.54) is 24.4 Å². The third-order valence-corrected chi connectivity index (χ3v) is 2.05. The molecule has 0 aliphatic heterocycles. The van der Waals surface area contributed by atoms with Crippen LogP contribution in [0.2, 0.25) is 0 Å². The molecule has 0 saturated heterocycles. The molecular formula is C11H13N3O4. The summed E-state index contributed by atoms with van der Waals surface area (Å²) in [6.45, 7) is -0.0536. The number of benzene rings is 1. The lowest BCUT2D eigenvalue weighted by Gasteiger charge is -1.97. The van der Waals surface area contributed by atoms with Gasteiger partial charge in [-0.1, -0.05) is 12.1 Å². The second kappa shape index (κ2) is 7.13. The molecule has 0 saturated carbocycles. The van der Waals surface area contributed by atoms with Crippen LogP contribution in [0.1, 0.15) is 18.4 Å². The summed E-state index contributed by atoms with van der Waals surface area (Å²) in [6.07, 6.45) is 1.88. The van der Waals surface area contributed by atoms with E-state index in [9.17, 15) is 14.9 Å². The largest absolute Gasteiger partial charge is 0.396 e. The molecule has 0 fully saturated rings. The highest BCUT2D eigenvalue weighted by Crippen LogP contribution is 2.11. The molecule has 1 amide bonds. The monoisotopic (exact) mass is 251 g/mol. The Labute approximate surface area is 103 Å². The number of rotatable bonds is 6. The average molecular weight is 251 g/mol. The molecule has 7 nitrogen and oxygen atoms in total. The first-order valence-corrected chi connectivity index (χ1v) is 5.30. The molecule has 7 heteroatoms. The number of carbonyl (C=O) groups excluding carboxylic acids is 1. The minimum absolute atomic E-state index is 0.0365. The topological polar surface area (TPSA) is 105 Å². The van der Waals surface area contributed by atoms with Gasteiger partial charge in [-0.05, 0) is 6.42 Å². The van der Waals surface area contributed by atoms with Crippen LogP contribution in [-0.4, -0.2) is 28.8 Å². The van der Waals surface area contributed by atoms with Crippen LogP contribution in [-0.2, 0) is 4.79 Å². The smallest absolute Gasteiger partial charge is 0.270 e. The van der Waals surface area contributed by atoms with Gasteiger partial charge in [0.05, 0.1) is 11.1 Å². The summed E-state index contributed by atoms with van der Waals surface area (Å²) in [4.78, 5) is 21.1. The van der Waals surface area contributed by atoms with Gasteiger partial charge in [0.25, 0.3) is 5.69 Å². The first-order chi connectivity index (χ1) is 8.63. The summed E-state index contributed by atoms with van der Waals surface area (Å²) < 4.78 is 0. The number of nitro benzene ring substituents is 1. The minimum Gasteiger partial charge on any atom is -0.396 e. The average Bonchev–Trinajstić information content (AvgIpc) is 2.36. The maximum absolute atomic E-state index is 11.1. The van der Waals surface area contributed by atoms with Crippen molar-refractivity contribution in [3.05, 3.63) is 39.9 Å². The van der Waals surface area contributed by atoms with Crippen molar-refractivity contribution in [3.63, 3.8) is 0 Å². The lowest BCUT2D eigenvalue weighted by molar-refractivity contribution is -0.384. The van der Waals surface area contributed by atoms with Crippen molar-refractivity contribution >= 4 is 17.8 Å². The van der Waals surface area contributed by atoms with Gasteiger partial charge in [0.1, 0.15) is 0 Å². The highest BCUT2D eigenvalue weighted by Gasteiger charge is 2.04. The zero-order valence-electron chi connectivity index (χ0n) is 9.57. The number of hydrogen-bond acceptors (Lipinski definition) is 5. The number of non-ortho nitro benzene ring substituents is 1. The molecule has 0 bridgehead atoms. The number of aliphatic hydroxyl groups is 1. The summed E-state index contributed by atoms with van der Waals surface area (Å²) in [7, 11) is 0. The molecule has 0 aliphatic carbocycles. The Hall–Kier alpha value is -2.28. The highest BCUT2D eigenvalue weighted by molar-refractivity contribution is 5.83. The van der Waals surface area contributed by atoms with Crippen molar-refractivity contribution < 1.29 is 14.8 Å². The van der Waals surface area contributed by atoms with Crippen molar-refractivity contribution in [1.29, 1.82) is 0 Å². The van der Waals surface area contributed by atoms with Crippen LogP contribution in [0.25, 0.3) is 0 Å². The zero-order valence-corrected chi connectivity index (χ0v) is 9.57. The molecule has 0 aliphatic rings. The van der Waals surface area contributed by atoms with E-state index in [1.54, 1.807) is 6.07 Å². The Balaban J connectivity index is 2.54. The third-order valence-electron chi connectivity index (χ3n) is 2.05. The van der Waals surface area contributed by atoms with Crippen LogP contribution >= 0.6 is 0 Å². The van der Waals surface area contributed by atoms with E-state index in [0.29, 0.717) is 12.0 Å². The van der Waals surface area contributed by atoms with Gasteiger partial charge in [-0.25, -0.2) is 5.43 Å². The molecule has 0 atom stereocenters. The maximum atomic E-state index is 11.1. The first kappa shape index (κ1) is 13.8. The Kier molecular flexibility index (Phi) is 5.46. The molecule has 0 spiro atoms. The summed E-state index contributed by atoms with van der Waals surface area (Å²) in [5, 5.41) is 22.7. The molecule has 0 radical (unpaired) electrons. The van der Waals surface area contributed by atoms with Gasteiger partial charge in [0, 0.05) is 30.7 Å². The van der Waals surface area contributed by atoms with Gasteiger partial charge in [0.15, 0.2) is 0 Å². The second-order valence-electron chi connectivity index (χ2n) is 3.47. The van der Waals surface area contributed by atoms with Gasteiger partial charge < -0.3 is 5.11 Å². The van der Waals surface area contributed by atoms with E-state index in [-0.39, 0.29) is 24.6 Å². The zero-order chi connectivity index (χ0) is 13.4. The predicted molar refractivity (Wildman–Crippen MR) is 65.2 cm³/mol. The van der Waals surface area contributed by atoms with Crippen molar-refractivity contribution in [2.24, 2.45) is 5.10 Å². The lowest BCUT2D eigenvalue weighted by atomic mass is 10.2. The van der Waals surface area contributed by atoms with Gasteiger partial charge in [-0.3, -0.25) is 14.9 Å². The van der Waals surface area contributed by atoms with Crippen LogP contribution in [0.15, 0.2) is 29.4 Å². The number of hydrazone groups is 1. The van der Waals surface area contributed by atoms with Crippen LogP contribution in [0, 0.1) is 10.1 Å². The van der Waals surface area contributed by atoms with Crippen LogP contribution in [0.5, 0.6) is 0 Å². The predicted octanol–water partition coefficient (Wildman–Crippen LogP) is 0.817. The van der Waals surface area contributed by atoms with E-state index in [0.717, 1.165) is 0 Å². The fraction of sp³-hybridized carbons (Fsp3) is 0.273. The summed E-state index contributed by atoms with van der Waals surface area (Å²) in [6, 6.07) is 5.89. The van der Waals surface area contributed by atoms with Crippen molar-refractivity contribution in [2.75, 3.05) is 6.61 Å². The Bertz CT molecular complexity index is 459. The first-order valence-electron chi connectivity index (χ1n) is 5.30. The van der Waals surface area contributed by atoms with E-state index in [2.05, 4.69) is 10.5 Å². The molecular weight excluding hydrogens is 238 g/mol. The van der Waals surface area contributed by atoms with E-state index < -0.39 is 4.92 Å². The Morgan fingerprint density at radius 3 is 3.00 bits per heavy atom. The highest BCUT2D eigenvalue weighted by atomic mass is 16.6. The second-order valence-corrected chi connectivity index (χ2v) is 3.47. The minimum atomic E-state index is -0.503. The number of nitro groups is 1. The van der Waals surface area contributed by atoms with Crippen LogP contribution in [0.4, 0.5) is 5.69 Å². The van der Waals surface area contributed by atoms with E-state index >= 15 is 0 Å². The molecule has 1 rings (SSSR count).